The minimum absolute atomic E-state index is 0.532. The zero-order valence-corrected chi connectivity index (χ0v) is 9.65. The summed E-state index contributed by atoms with van der Waals surface area (Å²) in [6, 6.07) is 4.01. The second-order valence-electron chi connectivity index (χ2n) is 4.10. The topological polar surface area (TPSA) is 43.6 Å². The maximum Gasteiger partial charge on any atom is 0.131 e. The molecule has 5 heteroatoms. The van der Waals surface area contributed by atoms with Crippen molar-refractivity contribution in [3.63, 3.8) is 0 Å². The van der Waals surface area contributed by atoms with Crippen molar-refractivity contribution >= 4 is 11.6 Å². The van der Waals surface area contributed by atoms with Crippen LogP contribution < -0.4 is 0 Å². The van der Waals surface area contributed by atoms with Crippen LogP contribution in [0.25, 0.3) is 11.4 Å². The van der Waals surface area contributed by atoms with E-state index in [1.807, 2.05) is 6.07 Å². The van der Waals surface area contributed by atoms with Gasteiger partial charge >= 0.3 is 0 Å². The molecule has 1 aliphatic rings. The first-order chi connectivity index (χ1) is 7.72. The van der Waals surface area contributed by atoms with Crippen molar-refractivity contribution in [2.75, 3.05) is 0 Å². The zero-order valence-electron chi connectivity index (χ0n) is 8.89. The lowest BCUT2D eigenvalue weighted by Crippen LogP contribution is -1.93. The molecule has 0 bridgehead atoms. The van der Waals surface area contributed by atoms with Gasteiger partial charge in [0.2, 0.25) is 0 Å². The maximum atomic E-state index is 6.01. The van der Waals surface area contributed by atoms with Gasteiger partial charge < -0.3 is 0 Å². The third-order valence-electron chi connectivity index (χ3n) is 2.73. The van der Waals surface area contributed by atoms with E-state index >= 15 is 0 Å². The smallest absolute Gasteiger partial charge is 0.131 e. The van der Waals surface area contributed by atoms with E-state index in [1.54, 1.807) is 13.2 Å². The number of aromatic nitrogens is 4. The van der Waals surface area contributed by atoms with Crippen LogP contribution in [0.3, 0.4) is 0 Å². The summed E-state index contributed by atoms with van der Waals surface area (Å²) in [6.07, 6.45) is 4.20. The number of nitrogens with zero attached hydrogens (tertiary/aromatic N) is 4. The summed E-state index contributed by atoms with van der Waals surface area (Å²) < 4.78 is 0. The number of aryl methyl sites for hydroxylation is 1. The Morgan fingerprint density at radius 3 is 2.75 bits per heavy atom. The minimum atomic E-state index is 0.532. The van der Waals surface area contributed by atoms with Crippen molar-refractivity contribution in [3.05, 3.63) is 29.0 Å². The highest BCUT2D eigenvalue weighted by atomic mass is 35.5. The fraction of sp³-hybridized carbons (Fsp3) is 0.364. The van der Waals surface area contributed by atoms with E-state index in [0.717, 1.165) is 11.4 Å². The van der Waals surface area contributed by atoms with E-state index in [9.17, 15) is 0 Å². The Hall–Kier alpha value is -1.42. The molecule has 0 aromatic carbocycles. The summed E-state index contributed by atoms with van der Waals surface area (Å²) >= 11 is 6.01. The standard InChI is InChI=1S/C11H11ClN4/c1-16-13-6-10(15-16)9-4-8(7-2-3-7)5-11(12)14-9/h4-7H,2-3H2,1H3. The number of pyridine rings is 1. The third kappa shape index (κ3) is 1.80. The van der Waals surface area contributed by atoms with Crippen LogP contribution in [0.2, 0.25) is 5.15 Å². The monoisotopic (exact) mass is 234 g/mol. The Labute approximate surface area is 98.3 Å². The van der Waals surface area contributed by atoms with Crippen molar-refractivity contribution < 1.29 is 0 Å². The lowest BCUT2D eigenvalue weighted by Gasteiger charge is -2.02. The molecule has 0 unspecified atom stereocenters. The largest absolute Gasteiger partial charge is 0.234 e. The first kappa shape index (κ1) is 9.78. The van der Waals surface area contributed by atoms with Crippen molar-refractivity contribution in [1.29, 1.82) is 0 Å². The highest BCUT2D eigenvalue weighted by Crippen LogP contribution is 2.41. The molecular formula is C11H11ClN4. The Bertz CT molecular complexity index is 531. The highest BCUT2D eigenvalue weighted by Gasteiger charge is 2.24. The van der Waals surface area contributed by atoms with Gasteiger partial charge in [-0.05, 0) is 36.5 Å². The maximum absolute atomic E-state index is 6.01. The second-order valence-corrected chi connectivity index (χ2v) is 4.49. The second kappa shape index (κ2) is 3.56. The summed E-state index contributed by atoms with van der Waals surface area (Å²) in [6.45, 7) is 0. The molecule has 0 radical (unpaired) electrons. The molecule has 4 nitrogen and oxygen atoms in total. The van der Waals surface area contributed by atoms with Gasteiger partial charge in [0.25, 0.3) is 0 Å². The Morgan fingerprint density at radius 2 is 2.12 bits per heavy atom. The molecule has 0 atom stereocenters. The number of halogens is 1. The molecule has 82 valence electrons. The molecule has 0 saturated heterocycles. The quantitative estimate of drug-likeness (QED) is 0.750. The van der Waals surface area contributed by atoms with Crippen molar-refractivity contribution in [1.82, 2.24) is 20.0 Å². The van der Waals surface area contributed by atoms with Gasteiger partial charge in [-0.1, -0.05) is 11.6 Å². The van der Waals surface area contributed by atoms with Crippen molar-refractivity contribution in [2.45, 2.75) is 18.8 Å². The fourth-order valence-corrected chi connectivity index (χ4v) is 1.98. The summed E-state index contributed by atoms with van der Waals surface area (Å²) in [7, 11) is 1.79. The van der Waals surface area contributed by atoms with Gasteiger partial charge in [-0.3, -0.25) is 0 Å². The van der Waals surface area contributed by atoms with Crippen LogP contribution >= 0.6 is 11.6 Å². The van der Waals surface area contributed by atoms with E-state index in [0.29, 0.717) is 11.1 Å². The molecule has 1 saturated carbocycles. The van der Waals surface area contributed by atoms with Crippen LogP contribution in [0.4, 0.5) is 0 Å². The first-order valence-corrected chi connectivity index (χ1v) is 5.64. The molecule has 0 amide bonds. The molecule has 0 spiro atoms. The Balaban J connectivity index is 2.06. The zero-order chi connectivity index (χ0) is 11.1. The molecule has 2 aromatic heterocycles. The summed E-state index contributed by atoms with van der Waals surface area (Å²) in [5.41, 5.74) is 2.84. The Morgan fingerprint density at radius 1 is 1.31 bits per heavy atom. The van der Waals surface area contributed by atoms with E-state index in [1.165, 1.54) is 23.2 Å². The van der Waals surface area contributed by atoms with Crippen LogP contribution in [0.1, 0.15) is 24.3 Å². The molecule has 2 heterocycles. The molecular weight excluding hydrogens is 224 g/mol. The van der Waals surface area contributed by atoms with Crippen LogP contribution in [-0.4, -0.2) is 20.0 Å². The molecule has 0 N–H and O–H groups in total. The Kier molecular flexibility index (Phi) is 2.17. The summed E-state index contributed by atoms with van der Waals surface area (Å²) in [5, 5.41) is 8.80. The van der Waals surface area contributed by atoms with Crippen LogP contribution in [0.15, 0.2) is 18.3 Å². The van der Waals surface area contributed by atoms with Gasteiger partial charge in [-0.15, -0.1) is 0 Å². The van der Waals surface area contributed by atoms with E-state index in [4.69, 9.17) is 11.6 Å². The SMILES string of the molecule is Cn1ncc(-c2cc(C3CC3)cc(Cl)n2)n1. The molecule has 0 aliphatic heterocycles. The van der Waals surface area contributed by atoms with E-state index in [2.05, 4.69) is 21.2 Å². The summed E-state index contributed by atoms with van der Waals surface area (Å²) in [5.74, 6) is 0.663. The predicted octanol–water partition coefficient (Wildman–Crippen LogP) is 2.41. The average Bonchev–Trinajstić information content (AvgIpc) is 3.01. The van der Waals surface area contributed by atoms with Crippen LogP contribution in [0, 0.1) is 0 Å². The number of hydrogen-bond acceptors (Lipinski definition) is 3. The molecule has 16 heavy (non-hydrogen) atoms. The number of rotatable bonds is 2. The minimum Gasteiger partial charge on any atom is -0.234 e. The molecule has 2 aromatic rings. The average molecular weight is 235 g/mol. The van der Waals surface area contributed by atoms with Crippen LogP contribution in [0.5, 0.6) is 0 Å². The molecule has 3 rings (SSSR count). The van der Waals surface area contributed by atoms with Crippen LogP contribution in [-0.2, 0) is 7.05 Å². The first-order valence-electron chi connectivity index (χ1n) is 5.26. The molecule has 1 fully saturated rings. The van der Waals surface area contributed by atoms with E-state index in [-0.39, 0.29) is 0 Å². The van der Waals surface area contributed by atoms with Crippen molar-refractivity contribution in [3.8, 4) is 11.4 Å². The summed E-state index contributed by atoms with van der Waals surface area (Å²) in [4.78, 5) is 5.80. The normalized spacial score (nSPS) is 15.4. The molecule has 1 aliphatic carbocycles. The van der Waals surface area contributed by atoms with Gasteiger partial charge in [0.05, 0.1) is 11.9 Å². The highest BCUT2D eigenvalue weighted by molar-refractivity contribution is 6.29. The lowest BCUT2D eigenvalue weighted by atomic mass is 10.1. The third-order valence-corrected chi connectivity index (χ3v) is 2.92. The predicted molar refractivity (Wildman–Crippen MR) is 61.2 cm³/mol. The number of hydrogen-bond donors (Lipinski definition) is 0. The van der Waals surface area contributed by atoms with Gasteiger partial charge in [-0.2, -0.15) is 15.0 Å². The van der Waals surface area contributed by atoms with Gasteiger partial charge in [-0.25, -0.2) is 4.98 Å². The van der Waals surface area contributed by atoms with Gasteiger partial charge in [0.1, 0.15) is 10.8 Å². The van der Waals surface area contributed by atoms with E-state index < -0.39 is 0 Å². The van der Waals surface area contributed by atoms with Gasteiger partial charge in [0.15, 0.2) is 0 Å². The fourth-order valence-electron chi connectivity index (χ4n) is 1.76. The van der Waals surface area contributed by atoms with Gasteiger partial charge in [0, 0.05) is 7.05 Å². The van der Waals surface area contributed by atoms with Crippen molar-refractivity contribution in [2.24, 2.45) is 7.05 Å². The lowest BCUT2D eigenvalue weighted by molar-refractivity contribution is 0.655.